The average Bonchev–Trinajstić information content (AvgIpc) is 2.56. The van der Waals surface area contributed by atoms with Crippen LogP contribution in [0, 0.1) is 11.8 Å². The molecular weight excluding hydrogens is 262 g/mol. The van der Waals surface area contributed by atoms with Gasteiger partial charge < -0.3 is 10.1 Å². The summed E-state index contributed by atoms with van der Waals surface area (Å²) in [5.74, 6) is 2.26. The molecule has 1 heterocycles. The zero-order valence-electron chi connectivity index (χ0n) is 13.6. The van der Waals surface area contributed by atoms with Crippen LogP contribution in [0.25, 0.3) is 0 Å². The molecule has 0 aromatic carbocycles. The maximum atomic E-state index is 5.25. The molecule has 1 fully saturated rings. The summed E-state index contributed by atoms with van der Waals surface area (Å²) in [5, 5.41) is 3.69. The minimum absolute atomic E-state index is 0.333. The highest BCUT2D eigenvalue weighted by Crippen LogP contribution is 2.37. The molecule has 1 unspecified atom stereocenters. The van der Waals surface area contributed by atoms with E-state index < -0.39 is 0 Å². The van der Waals surface area contributed by atoms with Gasteiger partial charge in [0.2, 0.25) is 5.88 Å². The smallest absolute Gasteiger partial charge is 0.216 e. The van der Waals surface area contributed by atoms with E-state index in [4.69, 9.17) is 4.74 Å². The quantitative estimate of drug-likeness (QED) is 0.831. The van der Waals surface area contributed by atoms with Crippen LogP contribution < -0.4 is 10.1 Å². The third-order valence-electron chi connectivity index (χ3n) is 4.75. The van der Waals surface area contributed by atoms with Crippen LogP contribution in [-0.4, -0.2) is 23.6 Å². The Hall–Kier alpha value is -1.16. The maximum absolute atomic E-state index is 5.25. The molecule has 0 amide bonds. The Morgan fingerprint density at radius 1 is 1.24 bits per heavy atom. The molecule has 118 valence electrons. The summed E-state index contributed by atoms with van der Waals surface area (Å²) in [5.41, 5.74) is 1.08. The summed E-state index contributed by atoms with van der Waals surface area (Å²) in [7, 11) is 1.66. The molecule has 21 heavy (non-hydrogen) atoms. The lowest BCUT2D eigenvalue weighted by molar-refractivity contribution is 0.216. The summed E-state index contributed by atoms with van der Waals surface area (Å²) in [6, 6.07) is 2.32. The zero-order chi connectivity index (χ0) is 15.1. The van der Waals surface area contributed by atoms with E-state index in [1.54, 1.807) is 13.4 Å². The third-order valence-corrected chi connectivity index (χ3v) is 4.75. The second-order valence-corrected chi connectivity index (χ2v) is 6.11. The number of hydrogen-bond donors (Lipinski definition) is 1. The molecule has 0 bridgehead atoms. The van der Waals surface area contributed by atoms with E-state index >= 15 is 0 Å². The summed E-state index contributed by atoms with van der Waals surface area (Å²) < 4.78 is 5.25. The van der Waals surface area contributed by atoms with Crippen molar-refractivity contribution in [3.8, 4) is 5.88 Å². The minimum Gasteiger partial charge on any atom is -0.481 e. The lowest BCUT2D eigenvalue weighted by Gasteiger charge is -2.34. The van der Waals surface area contributed by atoms with Crippen molar-refractivity contribution in [2.75, 3.05) is 13.7 Å². The van der Waals surface area contributed by atoms with E-state index in [2.05, 4.69) is 29.1 Å². The molecule has 1 N–H and O–H groups in total. The molecule has 0 radical (unpaired) electrons. The van der Waals surface area contributed by atoms with Crippen molar-refractivity contribution in [3.63, 3.8) is 0 Å². The molecule has 0 saturated heterocycles. The number of hydrogen-bond acceptors (Lipinski definition) is 4. The fraction of sp³-hybridized carbons (Fsp3) is 0.765. The molecule has 4 nitrogen and oxygen atoms in total. The molecule has 1 aliphatic carbocycles. The van der Waals surface area contributed by atoms with Crippen molar-refractivity contribution in [2.24, 2.45) is 11.8 Å². The fourth-order valence-corrected chi connectivity index (χ4v) is 3.38. The first-order valence-electron chi connectivity index (χ1n) is 8.37. The SMILES string of the molecule is CCCNC(c1cc(OC)ncn1)C1CCC(CC)CC1. The fourth-order valence-electron chi connectivity index (χ4n) is 3.38. The van der Waals surface area contributed by atoms with Crippen molar-refractivity contribution in [2.45, 2.75) is 58.4 Å². The molecule has 2 rings (SSSR count). The van der Waals surface area contributed by atoms with Crippen LogP contribution in [0.5, 0.6) is 5.88 Å². The normalized spacial score (nSPS) is 23.8. The first kappa shape index (κ1) is 16.2. The van der Waals surface area contributed by atoms with Crippen LogP contribution in [0.1, 0.15) is 64.1 Å². The van der Waals surface area contributed by atoms with Gasteiger partial charge in [0, 0.05) is 6.07 Å². The highest BCUT2D eigenvalue weighted by Gasteiger charge is 2.28. The van der Waals surface area contributed by atoms with E-state index in [0.29, 0.717) is 17.8 Å². The molecular formula is C17H29N3O. The van der Waals surface area contributed by atoms with Gasteiger partial charge in [0.15, 0.2) is 0 Å². The molecule has 1 atom stereocenters. The number of aromatic nitrogens is 2. The Bertz CT molecular complexity index is 416. The van der Waals surface area contributed by atoms with Gasteiger partial charge in [0.1, 0.15) is 6.33 Å². The monoisotopic (exact) mass is 291 g/mol. The zero-order valence-corrected chi connectivity index (χ0v) is 13.6. The Balaban J connectivity index is 2.10. The van der Waals surface area contributed by atoms with Gasteiger partial charge in [-0.25, -0.2) is 9.97 Å². The van der Waals surface area contributed by atoms with Crippen molar-refractivity contribution < 1.29 is 4.74 Å². The van der Waals surface area contributed by atoms with Crippen LogP contribution in [0.15, 0.2) is 12.4 Å². The second-order valence-electron chi connectivity index (χ2n) is 6.11. The van der Waals surface area contributed by atoms with E-state index in [0.717, 1.165) is 24.6 Å². The van der Waals surface area contributed by atoms with Gasteiger partial charge in [-0.1, -0.05) is 33.1 Å². The molecule has 4 heteroatoms. The second kappa shape index (κ2) is 8.32. The molecule has 1 aromatic rings. The highest BCUT2D eigenvalue weighted by atomic mass is 16.5. The minimum atomic E-state index is 0.333. The number of ether oxygens (including phenoxy) is 1. The summed E-state index contributed by atoms with van der Waals surface area (Å²) in [6.07, 6.45) is 9.39. The number of rotatable bonds is 7. The van der Waals surface area contributed by atoms with E-state index in [1.165, 1.54) is 32.1 Å². The lowest BCUT2D eigenvalue weighted by Crippen LogP contribution is -2.32. The van der Waals surface area contributed by atoms with Crippen molar-refractivity contribution in [3.05, 3.63) is 18.1 Å². The molecule has 0 spiro atoms. The summed E-state index contributed by atoms with van der Waals surface area (Å²) in [4.78, 5) is 8.63. The van der Waals surface area contributed by atoms with Crippen molar-refractivity contribution in [1.29, 1.82) is 0 Å². The van der Waals surface area contributed by atoms with E-state index in [9.17, 15) is 0 Å². The number of nitrogens with one attached hydrogen (secondary N) is 1. The predicted molar refractivity (Wildman–Crippen MR) is 85.4 cm³/mol. The lowest BCUT2D eigenvalue weighted by atomic mass is 9.77. The van der Waals surface area contributed by atoms with Crippen LogP contribution in [0.2, 0.25) is 0 Å². The van der Waals surface area contributed by atoms with E-state index in [1.807, 2.05) is 6.07 Å². The molecule has 0 aliphatic heterocycles. The number of nitrogens with zero attached hydrogens (tertiary/aromatic N) is 2. The van der Waals surface area contributed by atoms with Gasteiger partial charge in [0.25, 0.3) is 0 Å². The first-order valence-corrected chi connectivity index (χ1v) is 8.37. The highest BCUT2D eigenvalue weighted by molar-refractivity contribution is 5.17. The molecule has 1 aliphatic rings. The van der Waals surface area contributed by atoms with Gasteiger partial charge in [-0.15, -0.1) is 0 Å². The van der Waals surface area contributed by atoms with Gasteiger partial charge >= 0.3 is 0 Å². The predicted octanol–water partition coefficient (Wildman–Crippen LogP) is 3.74. The van der Waals surface area contributed by atoms with Crippen LogP contribution in [0.4, 0.5) is 0 Å². The van der Waals surface area contributed by atoms with Gasteiger partial charge in [-0.3, -0.25) is 0 Å². The Kier molecular flexibility index (Phi) is 6.43. The Labute approximate surface area is 128 Å². The van der Waals surface area contributed by atoms with Crippen molar-refractivity contribution >= 4 is 0 Å². The Morgan fingerprint density at radius 3 is 2.62 bits per heavy atom. The average molecular weight is 291 g/mol. The van der Waals surface area contributed by atoms with Gasteiger partial charge in [-0.2, -0.15) is 0 Å². The molecule has 1 saturated carbocycles. The largest absolute Gasteiger partial charge is 0.481 e. The maximum Gasteiger partial charge on any atom is 0.216 e. The topological polar surface area (TPSA) is 47.0 Å². The van der Waals surface area contributed by atoms with Crippen LogP contribution in [0.3, 0.4) is 0 Å². The van der Waals surface area contributed by atoms with Gasteiger partial charge in [0.05, 0.1) is 18.8 Å². The van der Waals surface area contributed by atoms with Crippen molar-refractivity contribution in [1.82, 2.24) is 15.3 Å². The third kappa shape index (κ3) is 4.40. The summed E-state index contributed by atoms with van der Waals surface area (Å²) in [6.45, 7) is 5.55. The molecule has 1 aromatic heterocycles. The summed E-state index contributed by atoms with van der Waals surface area (Å²) >= 11 is 0. The van der Waals surface area contributed by atoms with Crippen LogP contribution >= 0.6 is 0 Å². The first-order chi connectivity index (χ1) is 10.3. The Morgan fingerprint density at radius 2 is 2.00 bits per heavy atom. The van der Waals surface area contributed by atoms with Crippen LogP contribution in [-0.2, 0) is 0 Å². The standard InChI is InChI=1S/C17H29N3O/c1-4-10-18-17(14-8-6-13(5-2)7-9-14)15-11-16(21-3)20-12-19-15/h11-14,17-18H,4-10H2,1-3H3. The van der Waals surface area contributed by atoms with E-state index in [-0.39, 0.29) is 0 Å². The van der Waals surface area contributed by atoms with Gasteiger partial charge in [-0.05, 0) is 37.6 Å². The number of methoxy groups -OCH3 is 1.